The van der Waals surface area contributed by atoms with Gasteiger partial charge in [-0.2, -0.15) is 4.39 Å². The van der Waals surface area contributed by atoms with E-state index < -0.39 is 5.95 Å². The van der Waals surface area contributed by atoms with E-state index >= 15 is 0 Å². The number of carbonyl (C=O) groups is 1. The summed E-state index contributed by atoms with van der Waals surface area (Å²) >= 11 is 0. The lowest BCUT2D eigenvalue weighted by atomic mass is 10.2. The van der Waals surface area contributed by atoms with Gasteiger partial charge in [0.1, 0.15) is 0 Å². The Bertz CT molecular complexity index is 327. The van der Waals surface area contributed by atoms with Crippen LogP contribution in [0.5, 0.6) is 0 Å². The predicted octanol–water partition coefficient (Wildman–Crippen LogP) is 0.985. The number of rotatable bonds is 4. The van der Waals surface area contributed by atoms with Crippen LogP contribution in [0.4, 0.5) is 4.39 Å². The summed E-state index contributed by atoms with van der Waals surface area (Å²) in [4.78, 5) is 14.9. The molecule has 1 amide bonds. The number of nitrogens with zero attached hydrogens (tertiary/aromatic N) is 1. The van der Waals surface area contributed by atoms with Crippen LogP contribution in [0.25, 0.3) is 0 Å². The molecule has 0 aromatic carbocycles. The third-order valence-electron chi connectivity index (χ3n) is 1.78. The van der Waals surface area contributed by atoms with Gasteiger partial charge in [-0.1, -0.05) is 0 Å². The number of carbonyl (C=O) groups excluding carboxylic acids is 1. The van der Waals surface area contributed by atoms with Gasteiger partial charge in [0, 0.05) is 19.3 Å². The van der Waals surface area contributed by atoms with Gasteiger partial charge in [-0.25, -0.2) is 4.98 Å². The number of hydrogen-bond acceptors (Lipinski definition) is 3. The highest BCUT2D eigenvalue weighted by atomic mass is 19.1. The van der Waals surface area contributed by atoms with E-state index in [1.807, 2.05) is 6.92 Å². The van der Waals surface area contributed by atoms with Gasteiger partial charge in [0.15, 0.2) is 0 Å². The van der Waals surface area contributed by atoms with Crippen LogP contribution in [0.2, 0.25) is 0 Å². The lowest BCUT2D eigenvalue weighted by Gasteiger charge is -2.12. The largest absolute Gasteiger partial charge is 0.383 e. The highest BCUT2D eigenvalue weighted by Gasteiger charge is 2.09. The SMILES string of the molecule is COCC(C)NC(=O)c1ccc(F)nc1. The first-order valence-corrected chi connectivity index (χ1v) is 4.55. The summed E-state index contributed by atoms with van der Waals surface area (Å²) < 4.78 is 17.3. The fourth-order valence-electron chi connectivity index (χ4n) is 1.11. The van der Waals surface area contributed by atoms with E-state index in [4.69, 9.17) is 4.74 Å². The van der Waals surface area contributed by atoms with Crippen molar-refractivity contribution in [3.63, 3.8) is 0 Å². The van der Waals surface area contributed by atoms with Gasteiger partial charge in [0.05, 0.1) is 12.2 Å². The van der Waals surface area contributed by atoms with Crippen LogP contribution >= 0.6 is 0 Å². The van der Waals surface area contributed by atoms with E-state index in [0.717, 1.165) is 6.07 Å². The van der Waals surface area contributed by atoms with E-state index in [1.54, 1.807) is 7.11 Å². The third-order valence-corrected chi connectivity index (χ3v) is 1.78. The molecule has 1 aromatic rings. The topological polar surface area (TPSA) is 51.2 Å². The third kappa shape index (κ3) is 3.63. The highest BCUT2D eigenvalue weighted by molar-refractivity contribution is 5.93. The van der Waals surface area contributed by atoms with Crippen molar-refractivity contribution in [3.05, 3.63) is 29.8 Å². The quantitative estimate of drug-likeness (QED) is 0.757. The van der Waals surface area contributed by atoms with Gasteiger partial charge >= 0.3 is 0 Å². The van der Waals surface area contributed by atoms with Gasteiger partial charge < -0.3 is 10.1 Å². The number of nitrogens with one attached hydrogen (secondary N) is 1. The second-order valence-electron chi connectivity index (χ2n) is 3.20. The first-order valence-electron chi connectivity index (χ1n) is 4.55. The van der Waals surface area contributed by atoms with Gasteiger partial charge in [0.25, 0.3) is 5.91 Å². The monoisotopic (exact) mass is 212 g/mol. The van der Waals surface area contributed by atoms with Gasteiger partial charge in [-0.05, 0) is 19.1 Å². The summed E-state index contributed by atoms with van der Waals surface area (Å²) in [6, 6.07) is 2.44. The molecule has 5 heteroatoms. The molecule has 0 aliphatic rings. The molecule has 0 radical (unpaired) electrons. The number of hydrogen-bond donors (Lipinski definition) is 1. The molecule has 0 fully saturated rings. The molecule has 0 saturated carbocycles. The zero-order valence-corrected chi connectivity index (χ0v) is 8.66. The Hall–Kier alpha value is -1.49. The first kappa shape index (κ1) is 11.6. The number of pyridine rings is 1. The summed E-state index contributed by atoms with van der Waals surface area (Å²) in [7, 11) is 1.56. The first-order chi connectivity index (χ1) is 7.13. The second-order valence-corrected chi connectivity index (χ2v) is 3.20. The number of halogens is 1. The Labute approximate surface area is 87.5 Å². The summed E-state index contributed by atoms with van der Waals surface area (Å²) in [5.41, 5.74) is 0.333. The van der Waals surface area contributed by atoms with E-state index in [0.29, 0.717) is 12.2 Å². The Morgan fingerprint density at radius 3 is 2.93 bits per heavy atom. The minimum Gasteiger partial charge on any atom is -0.383 e. The Balaban J connectivity index is 2.57. The van der Waals surface area contributed by atoms with Crippen molar-refractivity contribution in [2.45, 2.75) is 13.0 Å². The Kier molecular flexibility index (Phi) is 4.17. The minimum absolute atomic E-state index is 0.0902. The van der Waals surface area contributed by atoms with Crippen LogP contribution in [0.15, 0.2) is 18.3 Å². The molecule has 1 aromatic heterocycles. The molecule has 4 nitrogen and oxygen atoms in total. The number of amides is 1. The molecule has 1 heterocycles. The molecule has 1 rings (SSSR count). The van der Waals surface area contributed by atoms with Crippen molar-refractivity contribution >= 4 is 5.91 Å². The normalized spacial score (nSPS) is 12.2. The molecule has 0 aliphatic carbocycles. The predicted molar refractivity (Wildman–Crippen MR) is 53.0 cm³/mol. The van der Waals surface area contributed by atoms with Crippen molar-refractivity contribution < 1.29 is 13.9 Å². The van der Waals surface area contributed by atoms with Crippen LogP contribution in [-0.4, -0.2) is 30.6 Å². The van der Waals surface area contributed by atoms with Crippen LogP contribution < -0.4 is 5.32 Å². The van der Waals surface area contributed by atoms with Crippen LogP contribution in [0.3, 0.4) is 0 Å². The standard InChI is InChI=1S/C10H13FN2O2/c1-7(6-15-2)13-10(14)8-3-4-9(11)12-5-8/h3-5,7H,6H2,1-2H3,(H,13,14). The van der Waals surface area contributed by atoms with Gasteiger partial charge in [-0.15, -0.1) is 0 Å². The maximum Gasteiger partial charge on any atom is 0.253 e. The van der Waals surface area contributed by atoms with E-state index in [1.165, 1.54) is 12.3 Å². The highest BCUT2D eigenvalue weighted by Crippen LogP contribution is 1.99. The van der Waals surface area contributed by atoms with Crippen molar-refractivity contribution in [2.24, 2.45) is 0 Å². The molecule has 15 heavy (non-hydrogen) atoms. The maximum atomic E-state index is 12.5. The van der Waals surface area contributed by atoms with Crippen molar-refractivity contribution in [1.29, 1.82) is 0 Å². The lowest BCUT2D eigenvalue weighted by molar-refractivity contribution is 0.0905. The molecule has 82 valence electrons. The summed E-state index contributed by atoms with van der Waals surface area (Å²) in [5, 5.41) is 2.69. The number of methoxy groups -OCH3 is 1. The van der Waals surface area contributed by atoms with Crippen molar-refractivity contribution in [3.8, 4) is 0 Å². The van der Waals surface area contributed by atoms with Crippen LogP contribution in [0.1, 0.15) is 17.3 Å². The number of aromatic nitrogens is 1. The molecule has 1 N–H and O–H groups in total. The Morgan fingerprint density at radius 2 is 2.40 bits per heavy atom. The molecule has 1 unspecified atom stereocenters. The van der Waals surface area contributed by atoms with E-state index in [-0.39, 0.29) is 11.9 Å². The fraction of sp³-hybridized carbons (Fsp3) is 0.400. The van der Waals surface area contributed by atoms with Crippen molar-refractivity contribution in [2.75, 3.05) is 13.7 Å². The number of ether oxygens (including phenoxy) is 1. The van der Waals surface area contributed by atoms with E-state index in [2.05, 4.69) is 10.3 Å². The summed E-state index contributed by atoms with van der Waals surface area (Å²) in [5.74, 6) is -0.886. The molecular weight excluding hydrogens is 199 g/mol. The van der Waals surface area contributed by atoms with Gasteiger partial charge in [-0.3, -0.25) is 4.79 Å². The molecule has 0 aliphatic heterocycles. The van der Waals surface area contributed by atoms with Crippen LogP contribution in [0, 0.1) is 5.95 Å². The lowest BCUT2D eigenvalue weighted by Crippen LogP contribution is -2.35. The van der Waals surface area contributed by atoms with Crippen LogP contribution in [-0.2, 0) is 4.74 Å². The molecule has 0 saturated heterocycles. The summed E-state index contributed by atoms with van der Waals surface area (Å²) in [6.45, 7) is 2.25. The molecular formula is C10H13FN2O2. The maximum absolute atomic E-state index is 12.5. The van der Waals surface area contributed by atoms with Gasteiger partial charge in [0.2, 0.25) is 5.95 Å². The average Bonchev–Trinajstić information content (AvgIpc) is 2.18. The smallest absolute Gasteiger partial charge is 0.253 e. The summed E-state index contributed by atoms with van der Waals surface area (Å²) in [6.07, 6.45) is 1.20. The second kappa shape index (κ2) is 5.41. The zero-order valence-electron chi connectivity index (χ0n) is 8.66. The molecule has 0 spiro atoms. The van der Waals surface area contributed by atoms with E-state index in [9.17, 15) is 9.18 Å². The average molecular weight is 212 g/mol. The Morgan fingerprint density at radius 1 is 1.67 bits per heavy atom. The minimum atomic E-state index is -0.600. The molecule has 0 bridgehead atoms. The van der Waals surface area contributed by atoms with Crippen molar-refractivity contribution in [1.82, 2.24) is 10.3 Å². The molecule has 1 atom stereocenters. The fourth-order valence-corrected chi connectivity index (χ4v) is 1.11. The zero-order chi connectivity index (χ0) is 11.3.